The van der Waals surface area contributed by atoms with Gasteiger partial charge in [0.15, 0.2) is 0 Å². The number of hydrogen-bond acceptors (Lipinski definition) is 3. The first kappa shape index (κ1) is 8.01. The molecule has 0 aromatic heterocycles. The molecule has 0 aliphatic carbocycles. The second kappa shape index (κ2) is 3.41. The quantitative estimate of drug-likeness (QED) is 0.496. The maximum atomic E-state index is 11.1. The van der Waals surface area contributed by atoms with Crippen molar-refractivity contribution in [2.45, 2.75) is 12.5 Å². The Bertz CT molecular complexity index is 184. The highest BCUT2D eigenvalue weighted by Gasteiger charge is 2.28. The zero-order valence-corrected chi connectivity index (χ0v) is 7.01. The van der Waals surface area contributed by atoms with E-state index in [4.69, 9.17) is 4.74 Å². The summed E-state index contributed by atoms with van der Waals surface area (Å²) in [5, 5.41) is 6.27. The molecule has 4 nitrogen and oxygen atoms in total. The van der Waals surface area contributed by atoms with Crippen molar-refractivity contribution in [3.63, 3.8) is 0 Å². The minimum Gasteiger partial charge on any atom is -0.371 e. The molecule has 2 aliphatic heterocycles. The van der Waals surface area contributed by atoms with Gasteiger partial charge in [-0.05, 0) is 13.0 Å². The number of rotatable bonds is 0. The zero-order chi connectivity index (χ0) is 8.39. The molecule has 2 aliphatic rings. The minimum atomic E-state index is 0.0319. The van der Waals surface area contributed by atoms with Crippen LogP contribution in [0, 0.1) is 5.92 Å². The van der Waals surface area contributed by atoms with Crippen molar-refractivity contribution >= 4 is 5.91 Å². The molecule has 4 heteroatoms. The van der Waals surface area contributed by atoms with Crippen molar-refractivity contribution in [1.82, 2.24) is 10.6 Å². The lowest BCUT2D eigenvalue weighted by Crippen LogP contribution is -2.49. The van der Waals surface area contributed by atoms with Gasteiger partial charge >= 0.3 is 0 Å². The lowest BCUT2D eigenvalue weighted by molar-refractivity contribution is -0.124. The average molecular weight is 170 g/mol. The number of carbonyl (C=O) groups excluding carboxylic acids is 1. The molecule has 0 radical (unpaired) electrons. The van der Waals surface area contributed by atoms with Gasteiger partial charge in [0.2, 0.25) is 5.91 Å². The van der Waals surface area contributed by atoms with Crippen LogP contribution in [-0.4, -0.2) is 38.3 Å². The number of fused-ring (bicyclic) bond motifs is 1. The molecule has 0 bridgehead atoms. The lowest BCUT2D eigenvalue weighted by Gasteiger charge is -2.29. The van der Waals surface area contributed by atoms with Crippen LogP contribution in [0.5, 0.6) is 0 Å². The van der Waals surface area contributed by atoms with E-state index in [-0.39, 0.29) is 12.5 Å². The van der Waals surface area contributed by atoms with E-state index in [2.05, 4.69) is 10.6 Å². The van der Waals surface area contributed by atoms with Crippen LogP contribution < -0.4 is 10.6 Å². The number of carbonyl (C=O) groups is 1. The summed E-state index contributed by atoms with van der Waals surface area (Å²) in [5.41, 5.74) is 0. The SMILES string of the molecule is O=C1COC[C@H]2CNCC[C@@H]2N1. The highest BCUT2D eigenvalue weighted by Crippen LogP contribution is 2.13. The van der Waals surface area contributed by atoms with E-state index < -0.39 is 0 Å². The smallest absolute Gasteiger partial charge is 0.246 e. The first-order chi connectivity index (χ1) is 5.86. The van der Waals surface area contributed by atoms with Crippen molar-refractivity contribution in [2.24, 2.45) is 5.92 Å². The van der Waals surface area contributed by atoms with Crippen molar-refractivity contribution in [3.8, 4) is 0 Å². The summed E-state index contributed by atoms with van der Waals surface area (Å²) in [6.45, 7) is 2.90. The van der Waals surface area contributed by atoms with Crippen LogP contribution in [-0.2, 0) is 9.53 Å². The van der Waals surface area contributed by atoms with Crippen molar-refractivity contribution < 1.29 is 9.53 Å². The Morgan fingerprint density at radius 2 is 2.42 bits per heavy atom. The largest absolute Gasteiger partial charge is 0.371 e. The molecule has 12 heavy (non-hydrogen) atoms. The molecule has 2 saturated heterocycles. The summed E-state index contributed by atoms with van der Waals surface area (Å²) in [6, 6.07) is 0.334. The van der Waals surface area contributed by atoms with E-state index in [0.717, 1.165) is 19.5 Å². The fourth-order valence-electron chi connectivity index (χ4n) is 1.84. The Kier molecular flexibility index (Phi) is 2.28. The van der Waals surface area contributed by atoms with Crippen LogP contribution in [0.25, 0.3) is 0 Å². The Hall–Kier alpha value is -0.610. The van der Waals surface area contributed by atoms with E-state index in [9.17, 15) is 4.79 Å². The fraction of sp³-hybridized carbons (Fsp3) is 0.875. The molecule has 1 amide bonds. The Labute approximate surface area is 71.7 Å². The van der Waals surface area contributed by atoms with Crippen molar-refractivity contribution in [2.75, 3.05) is 26.3 Å². The third-order valence-corrected chi connectivity index (χ3v) is 2.52. The van der Waals surface area contributed by atoms with E-state index in [1.54, 1.807) is 0 Å². The number of ether oxygens (including phenoxy) is 1. The van der Waals surface area contributed by atoms with Crippen LogP contribution in [0.15, 0.2) is 0 Å². The molecule has 2 rings (SSSR count). The van der Waals surface area contributed by atoms with Crippen LogP contribution >= 0.6 is 0 Å². The fourth-order valence-corrected chi connectivity index (χ4v) is 1.84. The van der Waals surface area contributed by atoms with Crippen LogP contribution in [0.2, 0.25) is 0 Å². The summed E-state index contributed by atoms with van der Waals surface area (Å²) in [5.74, 6) is 0.495. The van der Waals surface area contributed by atoms with Gasteiger partial charge in [-0.1, -0.05) is 0 Å². The molecule has 0 saturated carbocycles. The van der Waals surface area contributed by atoms with Gasteiger partial charge in [-0.3, -0.25) is 4.79 Å². The summed E-state index contributed by atoms with van der Waals surface area (Å²) in [7, 11) is 0. The van der Waals surface area contributed by atoms with E-state index in [0.29, 0.717) is 18.6 Å². The maximum absolute atomic E-state index is 11.1. The van der Waals surface area contributed by atoms with Gasteiger partial charge in [-0.25, -0.2) is 0 Å². The Morgan fingerprint density at radius 3 is 3.33 bits per heavy atom. The molecular formula is C8H14N2O2. The molecular weight excluding hydrogens is 156 g/mol. The first-order valence-electron chi connectivity index (χ1n) is 4.44. The monoisotopic (exact) mass is 170 g/mol. The van der Waals surface area contributed by atoms with Crippen molar-refractivity contribution in [1.29, 1.82) is 0 Å². The van der Waals surface area contributed by atoms with Gasteiger partial charge in [0.05, 0.1) is 6.61 Å². The van der Waals surface area contributed by atoms with Gasteiger partial charge in [0, 0.05) is 18.5 Å². The molecule has 0 aromatic carbocycles. The van der Waals surface area contributed by atoms with E-state index >= 15 is 0 Å². The molecule has 0 spiro atoms. The minimum absolute atomic E-state index is 0.0319. The van der Waals surface area contributed by atoms with E-state index in [1.807, 2.05) is 0 Å². The second-order valence-corrected chi connectivity index (χ2v) is 3.44. The molecule has 2 heterocycles. The van der Waals surface area contributed by atoms with Gasteiger partial charge in [-0.2, -0.15) is 0 Å². The summed E-state index contributed by atoms with van der Waals surface area (Å²) in [4.78, 5) is 11.1. The van der Waals surface area contributed by atoms with Crippen LogP contribution in [0.1, 0.15) is 6.42 Å². The van der Waals surface area contributed by atoms with Gasteiger partial charge in [0.25, 0.3) is 0 Å². The van der Waals surface area contributed by atoms with E-state index in [1.165, 1.54) is 0 Å². The van der Waals surface area contributed by atoms with Crippen LogP contribution in [0.3, 0.4) is 0 Å². The predicted molar refractivity (Wildman–Crippen MR) is 43.7 cm³/mol. The summed E-state index contributed by atoms with van der Waals surface area (Å²) in [6.07, 6.45) is 1.03. The Balaban J connectivity index is 2.01. The molecule has 2 fully saturated rings. The maximum Gasteiger partial charge on any atom is 0.246 e. The number of nitrogens with one attached hydrogen (secondary N) is 2. The van der Waals surface area contributed by atoms with Gasteiger partial charge < -0.3 is 15.4 Å². The zero-order valence-electron chi connectivity index (χ0n) is 7.01. The van der Waals surface area contributed by atoms with Crippen LogP contribution in [0.4, 0.5) is 0 Å². The Morgan fingerprint density at radius 1 is 1.50 bits per heavy atom. The van der Waals surface area contributed by atoms with Crippen molar-refractivity contribution in [3.05, 3.63) is 0 Å². The second-order valence-electron chi connectivity index (χ2n) is 3.44. The van der Waals surface area contributed by atoms with Gasteiger partial charge in [-0.15, -0.1) is 0 Å². The normalized spacial score (nSPS) is 36.5. The standard InChI is InChI=1S/C8H14N2O2/c11-8-5-12-4-6-3-9-2-1-7(6)10-8/h6-7,9H,1-5H2,(H,10,11)/t6-,7+/m1/s1. The first-order valence-corrected chi connectivity index (χ1v) is 4.44. The summed E-state index contributed by atoms with van der Waals surface area (Å²) < 4.78 is 5.22. The highest BCUT2D eigenvalue weighted by atomic mass is 16.5. The topological polar surface area (TPSA) is 50.4 Å². The highest BCUT2D eigenvalue weighted by molar-refractivity contribution is 5.77. The third-order valence-electron chi connectivity index (χ3n) is 2.52. The predicted octanol–water partition coefficient (Wildman–Crippen LogP) is -0.889. The number of amides is 1. The third kappa shape index (κ3) is 1.59. The average Bonchev–Trinajstić information content (AvgIpc) is 2.25. The number of hydrogen-bond donors (Lipinski definition) is 2. The lowest BCUT2D eigenvalue weighted by atomic mass is 9.94. The summed E-state index contributed by atoms with van der Waals surface area (Å²) >= 11 is 0. The van der Waals surface area contributed by atoms with Gasteiger partial charge in [0.1, 0.15) is 6.61 Å². The molecule has 0 unspecified atom stereocenters. The molecule has 0 aromatic rings. The molecule has 68 valence electrons. The molecule has 2 N–H and O–H groups in total. The molecule has 2 atom stereocenters. The number of piperidine rings is 1.